The minimum atomic E-state index is -0.858. The van der Waals surface area contributed by atoms with E-state index < -0.39 is 11.6 Å². The van der Waals surface area contributed by atoms with Crippen LogP contribution in [0.3, 0.4) is 0 Å². The van der Waals surface area contributed by atoms with Gasteiger partial charge in [0.2, 0.25) is 0 Å². The van der Waals surface area contributed by atoms with E-state index in [2.05, 4.69) is 10.3 Å². The zero-order valence-electron chi connectivity index (χ0n) is 9.37. The van der Waals surface area contributed by atoms with Gasteiger partial charge in [0.1, 0.15) is 0 Å². The van der Waals surface area contributed by atoms with E-state index in [-0.39, 0.29) is 0 Å². The fourth-order valence-corrected chi connectivity index (χ4v) is 1.60. The Kier molecular flexibility index (Phi) is 3.44. The summed E-state index contributed by atoms with van der Waals surface area (Å²) in [5.41, 5.74) is 2.25. The molecule has 0 saturated carbocycles. The Hall–Kier alpha value is -1.81. The molecule has 1 aromatic heterocycles. The molecule has 0 aliphatic heterocycles. The van der Waals surface area contributed by atoms with Gasteiger partial charge in [-0.3, -0.25) is 4.98 Å². The number of nitrogens with one attached hydrogen (secondary N) is 1. The van der Waals surface area contributed by atoms with Crippen molar-refractivity contribution in [2.45, 2.75) is 6.54 Å². The third-order valence-electron chi connectivity index (χ3n) is 2.42. The van der Waals surface area contributed by atoms with E-state index in [0.717, 1.165) is 17.7 Å². The summed E-state index contributed by atoms with van der Waals surface area (Å²) in [6, 6.07) is 7.50. The van der Waals surface area contributed by atoms with Crippen molar-refractivity contribution >= 4 is 0 Å². The van der Waals surface area contributed by atoms with Crippen molar-refractivity contribution in [2.24, 2.45) is 0 Å². The quantitative estimate of drug-likeness (QED) is 0.883. The lowest BCUT2D eigenvalue weighted by molar-refractivity contribution is 0.509. The van der Waals surface area contributed by atoms with Crippen molar-refractivity contribution < 1.29 is 8.78 Å². The van der Waals surface area contributed by atoms with Crippen molar-refractivity contribution in [1.29, 1.82) is 0 Å². The van der Waals surface area contributed by atoms with Crippen LogP contribution in [0, 0.1) is 11.6 Å². The predicted octanol–water partition coefficient (Wildman–Crippen LogP) is 2.75. The molecule has 17 heavy (non-hydrogen) atoms. The van der Waals surface area contributed by atoms with Crippen molar-refractivity contribution in [3.63, 3.8) is 0 Å². The molecule has 0 fully saturated rings. The van der Waals surface area contributed by atoms with E-state index in [9.17, 15) is 8.78 Å². The fraction of sp³-hybridized carbons (Fsp3) is 0.154. The number of halogens is 2. The van der Waals surface area contributed by atoms with Crippen LogP contribution in [0.1, 0.15) is 5.56 Å². The highest BCUT2D eigenvalue weighted by molar-refractivity contribution is 5.59. The first kappa shape index (κ1) is 11.7. The normalized spacial score (nSPS) is 10.5. The highest BCUT2D eigenvalue weighted by Gasteiger charge is 2.05. The molecule has 0 aliphatic rings. The van der Waals surface area contributed by atoms with Gasteiger partial charge in [0.15, 0.2) is 11.6 Å². The zero-order chi connectivity index (χ0) is 12.3. The smallest absolute Gasteiger partial charge is 0.159 e. The van der Waals surface area contributed by atoms with Gasteiger partial charge in [-0.1, -0.05) is 0 Å². The van der Waals surface area contributed by atoms with E-state index in [1.807, 2.05) is 19.2 Å². The molecule has 0 aliphatic carbocycles. The number of hydrogen-bond donors (Lipinski definition) is 1. The van der Waals surface area contributed by atoms with Crippen LogP contribution in [0.25, 0.3) is 11.3 Å². The molecule has 0 unspecified atom stereocenters. The van der Waals surface area contributed by atoms with Crippen LogP contribution in [0.5, 0.6) is 0 Å². The second-order valence-corrected chi connectivity index (χ2v) is 3.71. The Bertz CT molecular complexity index is 527. The van der Waals surface area contributed by atoms with Crippen LogP contribution in [-0.4, -0.2) is 12.0 Å². The SMILES string of the molecule is CNCc1ccnc(-c2ccc(F)c(F)c2)c1. The average Bonchev–Trinajstić information content (AvgIpc) is 2.33. The summed E-state index contributed by atoms with van der Waals surface area (Å²) < 4.78 is 25.9. The minimum Gasteiger partial charge on any atom is -0.316 e. The van der Waals surface area contributed by atoms with Crippen molar-refractivity contribution in [3.8, 4) is 11.3 Å². The lowest BCUT2D eigenvalue weighted by Gasteiger charge is -2.04. The molecular formula is C13H12F2N2. The number of pyridine rings is 1. The zero-order valence-corrected chi connectivity index (χ0v) is 9.37. The number of rotatable bonds is 3. The molecule has 0 spiro atoms. The van der Waals surface area contributed by atoms with Gasteiger partial charge >= 0.3 is 0 Å². The molecule has 4 heteroatoms. The number of hydrogen-bond acceptors (Lipinski definition) is 2. The van der Waals surface area contributed by atoms with Gasteiger partial charge in [0.05, 0.1) is 5.69 Å². The molecule has 0 amide bonds. The molecule has 1 aromatic carbocycles. The summed E-state index contributed by atoms with van der Waals surface area (Å²) in [7, 11) is 1.84. The lowest BCUT2D eigenvalue weighted by atomic mass is 10.1. The highest BCUT2D eigenvalue weighted by Crippen LogP contribution is 2.20. The topological polar surface area (TPSA) is 24.9 Å². The monoisotopic (exact) mass is 234 g/mol. The van der Waals surface area contributed by atoms with Crippen molar-refractivity contribution in [3.05, 3.63) is 53.7 Å². The van der Waals surface area contributed by atoms with Gasteiger partial charge in [-0.2, -0.15) is 0 Å². The number of nitrogens with zero attached hydrogens (tertiary/aromatic N) is 1. The Labute approximate surface area is 98.3 Å². The van der Waals surface area contributed by atoms with Crippen LogP contribution in [-0.2, 0) is 6.54 Å². The van der Waals surface area contributed by atoms with Gasteiger partial charge in [0, 0.05) is 18.3 Å². The first-order valence-corrected chi connectivity index (χ1v) is 5.25. The maximum absolute atomic E-state index is 13.1. The Balaban J connectivity index is 2.38. The average molecular weight is 234 g/mol. The Morgan fingerprint density at radius 3 is 2.65 bits per heavy atom. The first-order chi connectivity index (χ1) is 8.20. The summed E-state index contributed by atoms with van der Waals surface area (Å²) in [6.45, 7) is 0.708. The summed E-state index contributed by atoms with van der Waals surface area (Å²) in [6.07, 6.45) is 1.66. The van der Waals surface area contributed by atoms with Crippen molar-refractivity contribution in [2.75, 3.05) is 7.05 Å². The van der Waals surface area contributed by atoms with Gasteiger partial charge in [0.25, 0.3) is 0 Å². The third kappa shape index (κ3) is 2.65. The summed E-state index contributed by atoms with van der Waals surface area (Å²) in [5.74, 6) is -1.71. The van der Waals surface area contributed by atoms with Crippen LogP contribution < -0.4 is 5.32 Å². The van der Waals surface area contributed by atoms with Crippen molar-refractivity contribution in [1.82, 2.24) is 10.3 Å². The molecule has 1 N–H and O–H groups in total. The molecule has 0 radical (unpaired) electrons. The third-order valence-corrected chi connectivity index (χ3v) is 2.42. The van der Waals surface area contributed by atoms with E-state index >= 15 is 0 Å². The molecule has 2 nitrogen and oxygen atoms in total. The molecule has 2 aromatic rings. The molecule has 88 valence electrons. The van der Waals surface area contributed by atoms with Crippen LogP contribution in [0.15, 0.2) is 36.5 Å². The number of benzene rings is 1. The first-order valence-electron chi connectivity index (χ1n) is 5.25. The molecule has 0 saturated heterocycles. The molecular weight excluding hydrogens is 222 g/mol. The maximum atomic E-state index is 13.1. The Morgan fingerprint density at radius 1 is 1.12 bits per heavy atom. The minimum absolute atomic E-state index is 0.571. The van der Waals surface area contributed by atoms with Crippen LogP contribution >= 0.6 is 0 Å². The molecule has 1 heterocycles. The molecule has 2 rings (SSSR count). The second kappa shape index (κ2) is 5.01. The Morgan fingerprint density at radius 2 is 1.94 bits per heavy atom. The summed E-state index contributed by atoms with van der Waals surface area (Å²) in [5, 5.41) is 3.02. The standard InChI is InChI=1S/C13H12F2N2/c1-16-8-9-4-5-17-13(6-9)10-2-3-11(14)12(15)7-10/h2-7,16H,8H2,1H3. The van der Waals surface area contributed by atoms with E-state index in [1.54, 1.807) is 6.20 Å². The van der Waals surface area contributed by atoms with Gasteiger partial charge in [-0.05, 0) is 42.9 Å². The van der Waals surface area contributed by atoms with Gasteiger partial charge in [-0.25, -0.2) is 8.78 Å². The van der Waals surface area contributed by atoms with Crippen LogP contribution in [0.2, 0.25) is 0 Å². The largest absolute Gasteiger partial charge is 0.316 e. The van der Waals surface area contributed by atoms with Crippen LogP contribution in [0.4, 0.5) is 8.78 Å². The van der Waals surface area contributed by atoms with Gasteiger partial charge < -0.3 is 5.32 Å². The summed E-state index contributed by atoms with van der Waals surface area (Å²) in [4.78, 5) is 4.15. The highest BCUT2D eigenvalue weighted by atomic mass is 19.2. The molecule has 0 atom stereocenters. The predicted molar refractivity (Wildman–Crippen MR) is 62.4 cm³/mol. The number of aromatic nitrogens is 1. The van der Waals surface area contributed by atoms with E-state index in [1.165, 1.54) is 6.07 Å². The van der Waals surface area contributed by atoms with E-state index in [0.29, 0.717) is 17.8 Å². The van der Waals surface area contributed by atoms with E-state index in [4.69, 9.17) is 0 Å². The molecule has 0 bridgehead atoms. The lowest BCUT2D eigenvalue weighted by Crippen LogP contribution is -2.05. The fourth-order valence-electron chi connectivity index (χ4n) is 1.60. The van der Waals surface area contributed by atoms with Gasteiger partial charge in [-0.15, -0.1) is 0 Å². The summed E-state index contributed by atoms with van der Waals surface area (Å²) >= 11 is 0. The maximum Gasteiger partial charge on any atom is 0.159 e. The second-order valence-electron chi connectivity index (χ2n) is 3.71.